The predicted molar refractivity (Wildman–Crippen MR) is 184 cm³/mol. The Balaban J connectivity index is 1.39. The standard InChI is InChI=1S/C38H37Cl2N3O3/c1-2-8-31(36(41)44)32(20-23-15-16-23)37(45)42-35-30-13-4-3-11-28(30)29-12-5-6-14-34(29)43(38(35)46)22-24-9-7-10-25(19-24)27-18-17-26(39)21-33(27)40/h3-7,9-14,17-19,21,23,31-32,35H,2,8,15-16,20,22H2,1H3,(H2,41,44)(H,42,45)/t31-,32+,35?/m0/s1. The van der Waals surface area contributed by atoms with Gasteiger partial charge in [0, 0.05) is 33.0 Å². The highest BCUT2D eigenvalue weighted by Crippen LogP contribution is 2.42. The van der Waals surface area contributed by atoms with E-state index in [1.54, 1.807) is 17.0 Å². The fourth-order valence-corrected chi connectivity index (χ4v) is 7.17. The first-order valence-corrected chi connectivity index (χ1v) is 16.6. The molecule has 0 radical (unpaired) electrons. The minimum absolute atomic E-state index is 0.253. The topological polar surface area (TPSA) is 92.5 Å². The first kappa shape index (κ1) is 31.8. The second-order valence-electron chi connectivity index (χ2n) is 12.4. The van der Waals surface area contributed by atoms with Gasteiger partial charge in [-0.1, -0.05) is 116 Å². The van der Waals surface area contributed by atoms with Crippen LogP contribution in [0.25, 0.3) is 22.3 Å². The van der Waals surface area contributed by atoms with Crippen LogP contribution in [0.1, 0.15) is 56.2 Å². The lowest BCUT2D eigenvalue weighted by atomic mass is 9.83. The zero-order valence-electron chi connectivity index (χ0n) is 25.7. The molecule has 8 heteroatoms. The average molecular weight is 655 g/mol. The number of carbonyl (C=O) groups is 3. The molecule has 1 aliphatic carbocycles. The van der Waals surface area contributed by atoms with Crippen molar-refractivity contribution in [3.05, 3.63) is 112 Å². The Kier molecular flexibility index (Phi) is 9.48. The van der Waals surface area contributed by atoms with Crippen molar-refractivity contribution in [2.75, 3.05) is 4.90 Å². The molecule has 4 aromatic carbocycles. The molecule has 0 aromatic heterocycles. The molecule has 6 nitrogen and oxygen atoms in total. The van der Waals surface area contributed by atoms with Crippen LogP contribution in [0.4, 0.5) is 5.69 Å². The molecule has 1 fully saturated rings. The maximum absolute atomic E-state index is 14.7. The van der Waals surface area contributed by atoms with Crippen molar-refractivity contribution in [1.82, 2.24) is 5.32 Å². The lowest BCUT2D eigenvalue weighted by Gasteiger charge is -2.29. The van der Waals surface area contributed by atoms with Crippen LogP contribution in [-0.2, 0) is 20.9 Å². The summed E-state index contributed by atoms with van der Waals surface area (Å²) in [6.07, 6.45) is 3.93. The fraction of sp³-hybridized carbons (Fsp3) is 0.289. The third kappa shape index (κ3) is 6.69. The molecule has 46 heavy (non-hydrogen) atoms. The molecule has 0 bridgehead atoms. The summed E-state index contributed by atoms with van der Waals surface area (Å²) in [7, 11) is 0. The number of nitrogens with two attached hydrogens (primary N) is 1. The summed E-state index contributed by atoms with van der Waals surface area (Å²) in [6, 6.07) is 27.9. The molecule has 3 N–H and O–H groups in total. The Morgan fingerprint density at radius 1 is 0.891 bits per heavy atom. The maximum Gasteiger partial charge on any atom is 0.254 e. The number of hydrogen-bond donors (Lipinski definition) is 2. The largest absolute Gasteiger partial charge is 0.369 e. The van der Waals surface area contributed by atoms with Crippen molar-refractivity contribution in [2.45, 2.75) is 51.6 Å². The van der Waals surface area contributed by atoms with Crippen LogP contribution >= 0.6 is 23.2 Å². The fourth-order valence-electron chi connectivity index (χ4n) is 6.65. The molecule has 1 heterocycles. The SMILES string of the molecule is CCC[C@H](C(N)=O)[C@@H](CC1CC1)C(=O)NC1C(=O)N(Cc2cccc(-c3ccc(Cl)cc3Cl)c2)c2ccccc2-c2ccccc21. The summed E-state index contributed by atoms with van der Waals surface area (Å²) in [5.74, 6) is -1.81. The number of nitrogens with zero attached hydrogens (tertiary/aromatic N) is 1. The van der Waals surface area contributed by atoms with Gasteiger partial charge in [-0.2, -0.15) is 0 Å². The number of primary amides is 1. The summed E-state index contributed by atoms with van der Waals surface area (Å²) in [5, 5.41) is 4.22. The average Bonchev–Trinajstić information content (AvgIpc) is 3.88. The quantitative estimate of drug-likeness (QED) is 0.170. The first-order valence-electron chi connectivity index (χ1n) is 15.9. The van der Waals surface area contributed by atoms with E-state index < -0.39 is 23.8 Å². The smallest absolute Gasteiger partial charge is 0.254 e. The van der Waals surface area contributed by atoms with Gasteiger partial charge in [0.2, 0.25) is 11.8 Å². The van der Waals surface area contributed by atoms with E-state index in [0.717, 1.165) is 52.8 Å². The van der Waals surface area contributed by atoms with E-state index in [9.17, 15) is 14.4 Å². The Labute approximate surface area is 279 Å². The minimum atomic E-state index is -0.957. The lowest BCUT2D eigenvalue weighted by Crippen LogP contribution is -2.46. The third-order valence-corrected chi connectivity index (χ3v) is 9.69. The Bertz CT molecular complexity index is 1790. The van der Waals surface area contributed by atoms with Gasteiger partial charge in [-0.05, 0) is 65.3 Å². The van der Waals surface area contributed by atoms with Gasteiger partial charge in [0.1, 0.15) is 6.04 Å². The second kappa shape index (κ2) is 13.7. The van der Waals surface area contributed by atoms with Gasteiger partial charge in [0.15, 0.2) is 0 Å². The highest BCUT2D eigenvalue weighted by Gasteiger charge is 2.40. The van der Waals surface area contributed by atoms with Gasteiger partial charge >= 0.3 is 0 Å². The van der Waals surface area contributed by atoms with E-state index in [0.29, 0.717) is 34.4 Å². The zero-order valence-corrected chi connectivity index (χ0v) is 27.2. The number of rotatable bonds is 11. The third-order valence-electron chi connectivity index (χ3n) is 9.14. The number of anilines is 1. The van der Waals surface area contributed by atoms with Gasteiger partial charge in [-0.25, -0.2) is 0 Å². The predicted octanol–water partition coefficient (Wildman–Crippen LogP) is 8.35. The van der Waals surface area contributed by atoms with Crippen molar-refractivity contribution in [3.63, 3.8) is 0 Å². The highest BCUT2D eigenvalue weighted by atomic mass is 35.5. The van der Waals surface area contributed by atoms with Crippen molar-refractivity contribution >= 4 is 46.6 Å². The summed E-state index contributed by atoms with van der Waals surface area (Å²) < 4.78 is 0. The number of hydrogen-bond acceptors (Lipinski definition) is 3. The van der Waals surface area contributed by atoms with Crippen LogP contribution < -0.4 is 16.0 Å². The van der Waals surface area contributed by atoms with Gasteiger partial charge in [0.05, 0.1) is 12.2 Å². The van der Waals surface area contributed by atoms with E-state index in [1.807, 2.05) is 85.8 Å². The Morgan fingerprint density at radius 2 is 1.63 bits per heavy atom. The molecular formula is C38H37Cl2N3O3. The number of nitrogens with one attached hydrogen (secondary N) is 1. The highest BCUT2D eigenvalue weighted by molar-refractivity contribution is 6.36. The van der Waals surface area contributed by atoms with Gasteiger partial charge in [-0.3, -0.25) is 14.4 Å². The van der Waals surface area contributed by atoms with Crippen molar-refractivity contribution in [1.29, 1.82) is 0 Å². The number of para-hydroxylation sites is 1. The van der Waals surface area contributed by atoms with Crippen LogP contribution in [0.2, 0.25) is 10.0 Å². The normalized spacial score (nSPS) is 17.0. The summed E-state index contributed by atoms with van der Waals surface area (Å²) in [5.41, 5.74) is 11.7. The molecule has 1 saturated carbocycles. The molecule has 0 spiro atoms. The summed E-state index contributed by atoms with van der Waals surface area (Å²) in [6.45, 7) is 2.25. The molecule has 1 aliphatic heterocycles. The van der Waals surface area contributed by atoms with Gasteiger partial charge in [0.25, 0.3) is 5.91 Å². The van der Waals surface area contributed by atoms with E-state index >= 15 is 0 Å². The van der Waals surface area contributed by atoms with Crippen LogP contribution in [0, 0.1) is 17.8 Å². The Hall–Kier alpha value is -4.13. The van der Waals surface area contributed by atoms with E-state index in [-0.39, 0.29) is 18.4 Å². The number of amides is 3. The van der Waals surface area contributed by atoms with Crippen LogP contribution in [0.15, 0.2) is 91.0 Å². The number of carbonyl (C=O) groups excluding carboxylic acids is 3. The van der Waals surface area contributed by atoms with E-state index in [1.165, 1.54) is 0 Å². The van der Waals surface area contributed by atoms with Crippen molar-refractivity contribution < 1.29 is 14.4 Å². The van der Waals surface area contributed by atoms with Crippen LogP contribution in [0.5, 0.6) is 0 Å². The van der Waals surface area contributed by atoms with Gasteiger partial charge < -0.3 is 16.0 Å². The summed E-state index contributed by atoms with van der Waals surface area (Å²) >= 11 is 12.7. The molecular weight excluding hydrogens is 617 g/mol. The molecule has 236 valence electrons. The molecule has 1 unspecified atom stereocenters. The van der Waals surface area contributed by atoms with Crippen molar-refractivity contribution in [3.8, 4) is 22.3 Å². The molecule has 2 aliphatic rings. The Morgan fingerprint density at radius 3 is 2.35 bits per heavy atom. The number of benzene rings is 4. The first-order chi connectivity index (χ1) is 22.2. The zero-order chi connectivity index (χ0) is 32.4. The molecule has 3 atom stereocenters. The molecule has 3 amide bonds. The van der Waals surface area contributed by atoms with Crippen LogP contribution in [0.3, 0.4) is 0 Å². The van der Waals surface area contributed by atoms with E-state index in [2.05, 4.69) is 5.32 Å². The van der Waals surface area contributed by atoms with Crippen molar-refractivity contribution in [2.24, 2.45) is 23.5 Å². The molecule has 4 aromatic rings. The number of fused-ring (bicyclic) bond motifs is 3. The summed E-state index contributed by atoms with van der Waals surface area (Å²) in [4.78, 5) is 43.2. The molecule has 0 saturated heterocycles. The maximum atomic E-state index is 14.7. The minimum Gasteiger partial charge on any atom is -0.369 e. The van der Waals surface area contributed by atoms with Crippen LogP contribution in [-0.4, -0.2) is 17.7 Å². The molecule has 6 rings (SSSR count). The number of halogens is 2. The van der Waals surface area contributed by atoms with Gasteiger partial charge in [-0.15, -0.1) is 0 Å². The van der Waals surface area contributed by atoms with E-state index in [4.69, 9.17) is 28.9 Å². The monoisotopic (exact) mass is 653 g/mol. The lowest BCUT2D eigenvalue weighted by molar-refractivity contribution is -0.136. The second-order valence-corrected chi connectivity index (χ2v) is 13.2.